The Morgan fingerprint density at radius 3 is 1.93 bits per heavy atom. The minimum atomic E-state index is 0. The van der Waals surface area contributed by atoms with Gasteiger partial charge in [0.15, 0.2) is 6.67 Å². The van der Waals surface area contributed by atoms with Gasteiger partial charge >= 0.3 is 0 Å². The second kappa shape index (κ2) is 17.5. The van der Waals surface area contributed by atoms with Crippen LogP contribution in [0.1, 0.15) is 96.8 Å². The van der Waals surface area contributed by atoms with Crippen molar-refractivity contribution in [2.45, 2.75) is 96.8 Å². The zero-order valence-electron chi connectivity index (χ0n) is 19.0. The number of rotatable bonds is 18. The minimum absolute atomic E-state index is 0. The number of unbranched alkanes of at least 4 members (excludes halogenated alkanes) is 10. The highest BCUT2D eigenvalue weighted by Gasteiger charge is 2.26. The van der Waals surface area contributed by atoms with Gasteiger partial charge < -0.3 is 21.6 Å². The highest BCUT2D eigenvalue weighted by atomic mass is 35.5. The summed E-state index contributed by atoms with van der Waals surface area (Å²) in [4.78, 5) is 13.8. The maximum absolute atomic E-state index is 11.8. The molecular weight excluding hydrogens is 372 g/mol. The molecule has 5 heteroatoms. The zero-order chi connectivity index (χ0) is 19.8. The monoisotopic (exact) mass is 418 g/mol. The van der Waals surface area contributed by atoms with Crippen molar-refractivity contribution in [2.75, 3.05) is 47.1 Å². The number of ether oxygens (including phenoxy) is 1. The highest BCUT2D eigenvalue weighted by molar-refractivity contribution is 5.77. The lowest BCUT2D eigenvalue weighted by molar-refractivity contribution is -0.899. The van der Waals surface area contributed by atoms with Crippen molar-refractivity contribution >= 4 is 5.91 Å². The number of hydrogen-bond acceptors (Lipinski definition) is 2. The number of quaternary nitrogens is 1. The predicted molar refractivity (Wildman–Crippen MR) is 115 cm³/mol. The van der Waals surface area contributed by atoms with Crippen molar-refractivity contribution in [1.82, 2.24) is 4.90 Å². The quantitative estimate of drug-likeness (QED) is 0.252. The number of likely N-dealkylation sites (tertiary alicyclic amines) is 1. The van der Waals surface area contributed by atoms with Crippen molar-refractivity contribution in [3.05, 3.63) is 0 Å². The van der Waals surface area contributed by atoms with Gasteiger partial charge in [-0.05, 0) is 12.8 Å². The number of amides is 1. The van der Waals surface area contributed by atoms with E-state index in [-0.39, 0.29) is 12.4 Å². The molecule has 0 aliphatic carbocycles. The molecule has 1 fully saturated rings. The van der Waals surface area contributed by atoms with Crippen LogP contribution in [0.15, 0.2) is 0 Å². The first-order valence-corrected chi connectivity index (χ1v) is 11.7. The van der Waals surface area contributed by atoms with Gasteiger partial charge in [0.2, 0.25) is 5.91 Å². The molecule has 0 radical (unpaired) electrons. The molecular formula is C23H47ClN2O2. The average molecular weight is 419 g/mol. The topological polar surface area (TPSA) is 29.5 Å². The van der Waals surface area contributed by atoms with Crippen LogP contribution in [0.25, 0.3) is 0 Å². The van der Waals surface area contributed by atoms with E-state index in [9.17, 15) is 4.79 Å². The summed E-state index contributed by atoms with van der Waals surface area (Å²) in [7, 11) is 4.44. The summed E-state index contributed by atoms with van der Waals surface area (Å²) in [6, 6.07) is 0. The largest absolute Gasteiger partial charge is 1.00 e. The third kappa shape index (κ3) is 14.6. The number of halogens is 1. The van der Waals surface area contributed by atoms with E-state index in [1.807, 2.05) is 4.90 Å². The predicted octanol–water partition coefficient (Wildman–Crippen LogP) is 2.36. The maximum Gasteiger partial charge on any atom is 0.226 e. The normalized spacial score (nSPS) is 14.5. The van der Waals surface area contributed by atoms with Crippen LogP contribution in [-0.4, -0.2) is 62.4 Å². The van der Waals surface area contributed by atoms with E-state index in [4.69, 9.17) is 4.74 Å². The van der Waals surface area contributed by atoms with Gasteiger partial charge in [0, 0.05) is 26.0 Å². The molecule has 28 heavy (non-hydrogen) atoms. The van der Waals surface area contributed by atoms with Crippen LogP contribution >= 0.6 is 0 Å². The Labute approximate surface area is 181 Å². The number of hydrogen-bond donors (Lipinski definition) is 0. The summed E-state index contributed by atoms with van der Waals surface area (Å²) in [6.07, 6.45) is 18.0. The fraction of sp³-hybridized carbons (Fsp3) is 0.957. The standard InChI is InChI=1S/C23H47N2O2.ClH/c1-4-5-6-7-8-9-10-11-12-13-14-20-27-21-16-19-25(2,3)22-24-18-15-17-23(24)26;/h4-22H2,1-3H3;1H/q+1;/p-1. The fourth-order valence-corrected chi connectivity index (χ4v) is 3.95. The van der Waals surface area contributed by atoms with Crippen LogP contribution in [0.2, 0.25) is 0 Å². The number of carbonyl (C=O) groups excluding carboxylic acids is 1. The number of carbonyl (C=O) groups is 1. The molecule has 168 valence electrons. The molecule has 0 bridgehead atoms. The first-order chi connectivity index (χ1) is 13.0. The summed E-state index contributed by atoms with van der Waals surface area (Å²) in [5.41, 5.74) is 0. The highest BCUT2D eigenvalue weighted by Crippen LogP contribution is 2.13. The van der Waals surface area contributed by atoms with Crippen molar-refractivity contribution < 1.29 is 26.4 Å². The van der Waals surface area contributed by atoms with E-state index < -0.39 is 0 Å². The second-order valence-electron chi connectivity index (χ2n) is 9.06. The number of nitrogens with zero attached hydrogens (tertiary/aromatic N) is 2. The van der Waals surface area contributed by atoms with Gasteiger partial charge in [0.1, 0.15) is 0 Å². The minimum Gasteiger partial charge on any atom is -1.00 e. The average Bonchev–Trinajstić information content (AvgIpc) is 3.02. The lowest BCUT2D eigenvalue weighted by Crippen LogP contribution is -3.00. The van der Waals surface area contributed by atoms with Gasteiger partial charge in [-0.2, -0.15) is 0 Å². The van der Waals surface area contributed by atoms with E-state index in [0.29, 0.717) is 5.91 Å². The van der Waals surface area contributed by atoms with Crippen molar-refractivity contribution in [3.8, 4) is 0 Å². The summed E-state index contributed by atoms with van der Waals surface area (Å²) in [5, 5.41) is 0. The molecule has 1 rings (SSSR count). The molecule has 4 nitrogen and oxygen atoms in total. The summed E-state index contributed by atoms with van der Waals surface area (Å²) < 4.78 is 6.69. The zero-order valence-corrected chi connectivity index (χ0v) is 19.8. The Morgan fingerprint density at radius 1 is 0.857 bits per heavy atom. The molecule has 1 aliphatic rings. The smallest absolute Gasteiger partial charge is 0.226 e. The van der Waals surface area contributed by atoms with Crippen LogP contribution in [0.3, 0.4) is 0 Å². The summed E-state index contributed by atoms with van der Waals surface area (Å²) in [6.45, 7) is 6.90. The lowest BCUT2D eigenvalue weighted by Gasteiger charge is -2.33. The van der Waals surface area contributed by atoms with E-state index in [1.54, 1.807) is 0 Å². The maximum atomic E-state index is 11.8. The van der Waals surface area contributed by atoms with Crippen molar-refractivity contribution in [1.29, 1.82) is 0 Å². The Balaban J connectivity index is 0.00000729. The molecule has 0 aromatic heterocycles. The Kier molecular flexibility index (Phi) is 17.3. The molecule has 0 unspecified atom stereocenters. The van der Waals surface area contributed by atoms with Gasteiger partial charge in [-0.3, -0.25) is 9.69 Å². The third-order valence-electron chi connectivity index (χ3n) is 5.67. The van der Waals surface area contributed by atoms with E-state index in [2.05, 4.69) is 21.0 Å². The van der Waals surface area contributed by atoms with Crippen molar-refractivity contribution in [3.63, 3.8) is 0 Å². The molecule has 1 saturated heterocycles. The Morgan fingerprint density at radius 2 is 1.39 bits per heavy atom. The van der Waals surface area contributed by atoms with Gasteiger partial charge in [0.05, 0.1) is 27.2 Å². The van der Waals surface area contributed by atoms with E-state index in [0.717, 1.165) is 56.7 Å². The SMILES string of the molecule is CCCCCCCCCCCCCOCCC[N+](C)(C)CN1CCCC1=O.[Cl-]. The molecule has 1 aliphatic heterocycles. The van der Waals surface area contributed by atoms with Crippen LogP contribution in [0.4, 0.5) is 0 Å². The molecule has 1 amide bonds. The summed E-state index contributed by atoms with van der Waals surface area (Å²) in [5.74, 6) is 0.328. The van der Waals surface area contributed by atoms with Crippen molar-refractivity contribution in [2.24, 2.45) is 0 Å². The summed E-state index contributed by atoms with van der Waals surface area (Å²) >= 11 is 0. The molecule has 0 aromatic carbocycles. The molecule has 0 saturated carbocycles. The lowest BCUT2D eigenvalue weighted by atomic mass is 10.1. The molecule has 0 N–H and O–H groups in total. The second-order valence-corrected chi connectivity index (χ2v) is 9.06. The molecule has 0 spiro atoms. The van der Waals surface area contributed by atoms with Gasteiger partial charge in [0.25, 0.3) is 0 Å². The van der Waals surface area contributed by atoms with E-state index in [1.165, 1.54) is 70.6 Å². The fourth-order valence-electron chi connectivity index (χ4n) is 3.95. The first-order valence-electron chi connectivity index (χ1n) is 11.7. The molecule has 0 atom stereocenters. The van der Waals surface area contributed by atoms with Gasteiger partial charge in [-0.1, -0.05) is 71.1 Å². The van der Waals surface area contributed by atoms with Crippen LogP contribution < -0.4 is 12.4 Å². The Bertz CT molecular complexity index is 378. The Hall–Kier alpha value is -0.320. The molecule has 0 aromatic rings. The first kappa shape index (κ1) is 27.7. The van der Waals surface area contributed by atoms with Crippen LogP contribution in [-0.2, 0) is 9.53 Å². The van der Waals surface area contributed by atoms with Gasteiger partial charge in [-0.15, -0.1) is 0 Å². The van der Waals surface area contributed by atoms with Crippen LogP contribution in [0, 0.1) is 0 Å². The van der Waals surface area contributed by atoms with Crippen LogP contribution in [0.5, 0.6) is 0 Å². The third-order valence-corrected chi connectivity index (χ3v) is 5.67. The van der Waals surface area contributed by atoms with E-state index >= 15 is 0 Å². The van der Waals surface area contributed by atoms with Gasteiger partial charge in [-0.25, -0.2) is 0 Å². The molecule has 1 heterocycles.